The van der Waals surface area contributed by atoms with Gasteiger partial charge in [-0.2, -0.15) is 0 Å². The molecule has 0 unspecified atom stereocenters. The second-order valence-corrected chi connectivity index (χ2v) is 18.8. The van der Waals surface area contributed by atoms with Crippen LogP contribution in [-0.4, -0.2) is 76.2 Å². The van der Waals surface area contributed by atoms with E-state index in [-0.39, 0.29) is 29.8 Å². The summed E-state index contributed by atoms with van der Waals surface area (Å²) in [7, 11) is 0. The molecule has 4 heterocycles. The van der Waals surface area contributed by atoms with Crippen LogP contribution in [0.4, 0.5) is 0 Å². The third-order valence-corrected chi connectivity index (χ3v) is 14.8. The van der Waals surface area contributed by atoms with E-state index in [0.29, 0.717) is 19.4 Å². The molecular formula is C52H57N5O3S2. The molecule has 10 heteroatoms. The minimum atomic E-state index is -0.740. The van der Waals surface area contributed by atoms with Gasteiger partial charge < -0.3 is 20.0 Å². The van der Waals surface area contributed by atoms with Gasteiger partial charge in [0, 0.05) is 42.1 Å². The van der Waals surface area contributed by atoms with Crippen molar-refractivity contribution in [1.29, 1.82) is 0 Å². The van der Waals surface area contributed by atoms with Crippen molar-refractivity contribution >= 4 is 45.7 Å². The Labute approximate surface area is 375 Å². The lowest BCUT2D eigenvalue weighted by Crippen LogP contribution is -2.45. The van der Waals surface area contributed by atoms with Gasteiger partial charge in [0.2, 0.25) is 17.7 Å². The molecule has 0 saturated carbocycles. The second-order valence-electron chi connectivity index (χ2n) is 16.6. The van der Waals surface area contributed by atoms with E-state index in [9.17, 15) is 14.4 Å². The van der Waals surface area contributed by atoms with E-state index in [1.54, 1.807) is 23.1 Å². The third kappa shape index (κ3) is 10.5. The molecular weight excluding hydrogens is 807 g/mol. The summed E-state index contributed by atoms with van der Waals surface area (Å²) >= 11 is 3.31. The lowest BCUT2D eigenvalue weighted by Gasteiger charge is -2.31. The normalized spacial score (nSPS) is 18.8. The zero-order valence-electron chi connectivity index (χ0n) is 35.7. The van der Waals surface area contributed by atoms with Gasteiger partial charge in [-0.25, -0.2) is 4.98 Å². The van der Waals surface area contributed by atoms with Crippen LogP contribution in [0, 0.1) is 0 Å². The molecule has 8 nitrogen and oxygen atoms in total. The van der Waals surface area contributed by atoms with Crippen molar-refractivity contribution < 1.29 is 14.4 Å². The van der Waals surface area contributed by atoms with Gasteiger partial charge in [0.1, 0.15) is 11.0 Å². The van der Waals surface area contributed by atoms with Crippen molar-refractivity contribution in [2.75, 3.05) is 32.7 Å². The molecule has 5 aromatic rings. The summed E-state index contributed by atoms with van der Waals surface area (Å²) in [5, 5.41) is 4.12. The number of amides is 3. The SMILES string of the molecule is C=C(S/C(=C\C)c1ccc(-c2ccc(-c3cnc([C@@H]4CCCN4C(=O)Cc4ccccc4)s3)cc2)cc1)[C@@H]1CCCN1C(=O)[C@H](NC(=O)CCN1CCCCC1)c1ccccc1. The Balaban J connectivity index is 0.881. The van der Waals surface area contributed by atoms with Crippen molar-refractivity contribution in [2.45, 2.75) is 82.8 Å². The maximum Gasteiger partial charge on any atom is 0.250 e. The van der Waals surface area contributed by atoms with E-state index in [0.717, 1.165) is 105 Å². The third-order valence-electron chi connectivity index (χ3n) is 12.5. The molecule has 1 aromatic heterocycles. The predicted molar refractivity (Wildman–Crippen MR) is 254 cm³/mol. The van der Waals surface area contributed by atoms with Gasteiger partial charge in [-0.05, 0) is 91.9 Å². The first-order chi connectivity index (χ1) is 30.3. The summed E-state index contributed by atoms with van der Waals surface area (Å²) in [4.78, 5) is 55.2. The van der Waals surface area contributed by atoms with Gasteiger partial charge in [0.15, 0.2) is 0 Å². The number of rotatable bonds is 15. The summed E-state index contributed by atoms with van der Waals surface area (Å²) in [6, 6.07) is 36.0. The molecule has 3 saturated heterocycles. The Bertz CT molecular complexity index is 2340. The number of carbonyl (C=O) groups excluding carboxylic acids is 3. The van der Waals surface area contributed by atoms with Gasteiger partial charge in [-0.1, -0.05) is 140 Å². The quantitative estimate of drug-likeness (QED) is 0.113. The molecule has 8 rings (SSSR count). The molecule has 3 aliphatic heterocycles. The number of hydrogen-bond donors (Lipinski definition) is 1. The van der Waals surface area contributed by atoms with Gasteiger partial charge in [0.25, 0.3) is 0 Å². The molecule has 0 spiro atoms. The van der Waals surface area contributed by atoms with Crippen LogP contribution in [-0.2, 0) is 20.8 Å². The van der Waals surface area contributed by atoms with Crippen molar-refractivity contribution in [1.82, 2.24) is 25.0 Å². The van der Waals surface area contributed by atoms with Crippen molar-refractivity contribution in [3.05, 3.63) is 155 Å². The predicted octanol–water partition coefficient (Wildman–Crippen LogP) is 10.7. The molecule has 3 amide bonds. The molecule has 3 fully saturated rings. The zero-order valence-corrected chi connectivity index (χ0v) is 37.3. The minimum Gasteiger partial charge on any atom is -0.340 e. The first-order valence-corrected chi connectivity index (χ1v) is 23.9. The van der Waals surface area contributed by atoms with Crippen LogP contribution in [0.1, 0.15) is 92.1 Å². The topological polar surface area (TPSA) is 85.9 Å². The van der Waals surface area contributed by atoms with E-state index in [4.69, 9.17) is 4.98 Å². The van der Waals surface area contributed by atoms with E-state index in [1.165, 1.54) is 19.3 Å². The summed E-state index contributed by atoms with van der Waals surface area (Å²) in [6.07, 6.45) is 12.1. The number of nitrogens with zero attached hydrogens (tertiary/aromatic N) is 4. The van der Waals surface area contributed by atoms with E-state index >= 15 is 0 Å². The Morgan fingerprint density at radius 1 is 0.790 bits per heavy atom. The Morgan fingerprint density at radius 2 is 1.44 bits per heavy atom. The molecule has 4 aromatic carbocycles. The molecule has 62 heavy (non-hydrogen) atoms. The van der Waals surface area contributed by atoms with E-state index < -0.39 is 6.04 Å². The molecule has 0 bridgehead atoms. The molecule has 3 atom stereocenters. The number of carbonyl (C=O) groups is 3. The molecule has 0 aliphatic carbocycles. The number of thiazole rings is 1. The highest BCUT2D eigenvalue weighted by Gasteiger charge is 2.37. The maximum atomic E-state index is 14.4. The fraction of sp³-hybridized carbons (Fsp3) is 0.346. The van der Waals surface area contributed by atoms with Crippen LogP contribution >= 0.6 is 23.1 Å². The minimum absolute atomic E-state index is 0.0324. The van der Waals surface area contributed by atoms with Gasteiger partial charge in [-0.3, -0.25) is 14.4 Å². The van der Waals surface area contributed by atoms with Crippen molar-refractivity contribution in [3.8, 4) is 21.6 Å². The fourth-order valence-corrected chi connectivity index (χ4v) is 11.2. The molecule has 0 radical (unpaired) electrons. The molecule has 3 aliphatic rings. The van der Waals surface area contributed by atoms with Crippen molar-refractivity contribution in [3.63, 3.8) is 0 Å². The number of aromatic nitrogens is 1. The smallest absolute Gasteiger partial charge is 0.250 e. The first-order valence-electron chi connectivity index (χ1n) is 22.2. The highest BCUT2D eigenvalue weighted by atomic mass is 32.2. The maximum absolute atomic E-state index is 14.4. The number of nitrogens with one attached hydrogen (secondary N) is 1. The lowest BCUT2D eigenvalue weighted by molar-refractivity contribution is -0.137. The van der Waals surface area contributed by atoms with Gasteiger partial charge in [0.05, 0.1) is 23.4 Å². The van der Waals surface area contributed by atoms with Gasteiger partial charge >= 0.3 is 0 Å². The largest absolute Gasteiger partial charge is 0.340 e. The first kappa shape index (κ1) is 43.4. The standard InChI is InChI=1S/C52H57N5O3S2/c1-3-46(61-37(2)44-19-13-33-57(44)52(60)50(43-17-9-5-10-18-43)54-48(58)29-34-55-30-11-6-12-31-55)41-25-21-39(22-26-41)40-23-27-42(28-24-40)47-36-53-51(62-47)45-20-14-32-56(45)49(59)35-38-15-7-4-8-16-38/h3-5,7-10,15-18,21-28,36,44-45,50H,2,6,11-14,19-20,29-35H2,1H3,(H,54,58)/b46-3-/t44-,45-,50+/m0/s1. The summed E-state index contributed by atoms with van der Waals surface area (Å²) in [6.45, 7) is 10.8. The average Bonchev–Trinajstić information content (AvgIpc) is 4.13. The summed E-state index contributed by atoms with van der Waals surface area (Å²) < 4.78 is 0. The fourth-order valence-electron chi connectivity index (χ4n) is 9.06. The zero-order chi connectivity index (χ0) is 42.8. The highest BCUT2D eigenvalue weighted by molar-refractivity contribution is 8.11. The monoisotopic (exact) mass is 863 g/mol. The molecule has 320 valence electrons. The summed E-state index contributed by atoms with van der Waals surface area (Å²) in [5.41, 5.74) is 6.31. The van der Waals surface area contributed by atoms with Crippen LogP contribution in [0.5, 0.6) is 0 Å². The second kappa shape index (κ2) is 20.7. The van der Waals surface area contributed by atoms with Crippen LogP contribution in [0.3, 0.4) is 0 Å². The number of likely N-dealkylation sites (tertiary alicyclic amines) is 3. The number of benzene rings is 4. The van der Waals surface area contributed by atoms with E-state index in [2.05, 4.69) is 71.4 Å². The number of thioether (sulfide) groups is 1. The Kier molecular flexibility index (Phi) is 14.5. The number of allylic oxidation sites excluding steroid dienone is 1. The average molecular weight is 864 g/mol. The van der Waals surface area contributed by atoms with Crippen LogP contribution in [0.25, 0.3) is 26.5 Å². The van der Waals surface area contributed by atoms with E-state index in [1.807, 2.05) is 83.6 Å². The Morgan fingerprint density at radius 3 is 2.15 bits per heavy atom. The van der Waals surface area contributed by atoms with Crippen LogP contribution in [0.2, 0.25) is 0 Å². The van der Waals surface area contributed by atoms with Crippen LogP contribution in [0.15, 0.2) is 133 Å². The Hall–Kier alpha value is -5.29. The lowest BCUT2D eigenvalue weighted by atomic mass is 10.0. The highest BCUT2D eigenvalue weighted by Crippen LogP contribution is 2.41. The van der Waals surface area contributed by atoms with Crippen molar-refractivity contribution in [2.24, 2.45) is 0 Å². The van der Waals surface area contributed by atoms with Crippen LogP contribution < -0.4 is 5.32 Å². The number of hydrogen-bond acceptors (Lipinski definition) is 7. The summed E-state index contributed by atoms with van der Waals surface area (Å²) in [5.74, 6) is -0.00413. The number of piperidine rings is 1. The molecule has 1 N–H and O–H groups in total. The van der Waals surface area contributed by atoms with Gasteiger partial charge in [-0.15, -0.1) is 11.3 Å².